The molecule has 0 amide bonds. The van der Waals surface area contributed by atoms with Crippen molar-refractivity contribution in [2.45, 2.75) is 6.92 Å². The number of aromatic nitrogens is 1. The molecule has 108 valence electrons. The molecule has 1 aliphatic heterocycles. The maximum Gasteiger partial charge on any atom is 0.377 e. The van der Waals surface area contributed by atoms with E-state index >= 15 is 0 Å². The molecule has 0 N–H and O–H groups in total. The lowest BCUT2D eigenvalue weighted by Gasteiger charge is -2.03. The third kappa shape index (κ3) is 2.71. The highest BCUT2D eigenvalue weighted by atomic mass is 16.7. The van der Waals surface area contributed by atoms with E-state index in [4.69, 9.17) is 18.7 Å². The number of aryl methyl sites for hydroxylation is 1. The van der Waals surface area contributed by atoms with Gasteiger partial charge < -0.3 is 18.7 Å². The van der Waals surface area contributed by atoms with E-state index in [-0.39, 0.29) is 18.3 Å². The van der Waals surface area contributed by atoms with Crippen molar-refractivity contribution >= 4 is 11.8 Å². The molecule has 0 bridgehead atoms. The number of carbonyl (C=O) groups is 2. The predicted octanol–water partition coefficient (Wildman–Crippen LogP) is 1.75. The fourth-order valence-electron chi connectivity index (χ4n) is 1.82. The van der Waals surface area contributed by atoms with Gasteiger partial charge in [0.05, 0.1) is 5.69 Å². The Morgan fingerprint density at radius 1 is 1.24 bits per heavy atom. The molecule has 21 heavy (non-hydrogen) atoms. The number of nitrogens with zero attached hydrogens (tertiary/aromatic N) is 1. The SMILES string of the molecule is Cc1cc(C(=O)OCC(=O)c2ccc3c(c2)OCO3)on1. The number of hydrogen-bond acceptors (Lipinski definition) is 7. The van der Waals surface area contributed by atoms with Crippen molar-refractivity contribution in [2.24, 2.45) is 0 Å². The summed E-state index contributed by atoms with van der Waals surface area (Å²) in [6, 6.07) is 6.21. The molecule has 2 heterocycles. The van der Waals surface area contributed by atoms with Crippen LogP contribution in [-0.4, -0.2) is 30.3 Å². The molecule has 0 atom stereocenters. The largest absolute Gasteiger partial charge is 0.454 e. The van der Waals surface area contributed by atoms with E-state index in [1.807, 2.05) is 0 Å². The molecule has 1 aliphatic rings. The minimum absolute atomic E-state index is 0.0361. The van der Waals surface area contributed by atoms with Gasteiger partial charge in [-0.15, -0.1) is 0 Å². The lowest BCUT2D eigenvalue weighted by atomic mass is 10.1. The summed E-state index contributed by atoms with van der Waals surface area (Å²) >= 11 is 0. The topological polar surface area (TPSA) is 87.9 Å². The number of Topliss-reactive ketones (excluding diaryl/α,β-unsaturated/α-hetero) is 1. The number of ether oxygens (including phenoxy) is 3. The van der Waals surface area contributed by atoms with Crippen LogP contribution in [0, 0.1) is 6.92 Å². The first kappa shape index (κ1) is 13.2. The van der Waals surface area contributed by atoms with Crippen LogP contribution in [0.3, 0.4) is 0 Å². The van der Waals surface area contributed by atoms with Crippen LogP contribution in [0.5, 0.6) is 11.5 Å². The van der Waals surface area contributed by atoms with Gasteiger partial charge in [-0.25, -0.2) is 4.79 Å². The highest BCUT2D eigenvalue weighted by Crippen LogP contribution is 2.32. The fourth-order valence-corrected chi connectivity index (χ4v) is 1.82. The van der Waals surface area contributed by atoms with Crippen molar-refractivity contribution in [3.05, 3.63) is 41.3 Å². The summed E-state index contributed by atoms with van der Waals surface area (Å²) in [6.07, 6.45) is 0. The van der Waals surface area contributed by atoms with Gasteiger partial charge in [-0.1, -0.05) is 5.16 Å². The second kappa shape index (κ2) is 5.28. The number of rotatable bonds is 4. The van der Waals surface area contributed by atoms with Crippen LogP contribution in [0.15, 0.2) is 28.8 Å². The zero-order chi connectivity index (χ0) is 14.8. The maximum atomic E-state index is 12.0. The molecule has 1 aromatic heterocycles. The normalized spacial score (nSPS) is 12.2. The quantitative estimate of drug-likeness (QED) is 0.625. The van der Waals surface area contributed by atoms with Crippen LogP contribution in [-0.2, 0) is 4.74 Å². The van der Waals surface area contributed by atoms with Crippen LogP contribution in [0.4, 0.5) is 0 Å². The van der Waals surface area contributed by atoms with Crippen LogP contribution in [0.1, 0.15) is 26.6 Å². The number of ketones is 1. The molecule has 0 radical (unpaired) electrons. The Balaban J connectivity index is 1.63. The summed E-state index contributed by atoms with van der Waals surface area (Å²) in [5.74, 6) is -0.0349. The summed E-state index contributed by atoms with van der Waals surface area (Å²) in [4.78, 5) is 23.6. The fraction of sp³-hybridized carbons (Fsp3) is 0.214. The zero-order valence-electron chi connectivity index (χ0n) is 11.1. The van der Waals surface area contributed by atoms with Gasteiger partial charge in [-0.3, -0.25) is 4.79 Å². The smallest absolute Gasteiger partial charge is 0.377 e. The molecule has 1 aromatic carbocycles. The summed E-state index contributed by atoms with van der Waals surface area (Å²) in [5.41, 5.74) is 0.935. The molecule has 0 unspecified atom stereocenters. The molecule has 0 aliphatic carbocycles. The number of benzene rings is 1. The van der Waals surface area contributed by atoms with E-state index in [0.29, 0.717) is 22.8 Å². The highest BCUT2D eigenvalue weighted by molar-refractivity contribution is 5.99. The van der Waals surface area contributed by atoms with E-state index in [1.54, 1.807) is 25.1 Å². The molecule has 0 spiro atoms. The monoisotopic (exact) mass is 289 g/mol. The van der Waals surface area contributed by atoms with Crippen molar-refractivity contribution in [3.8, 4) is 11.5 Å². The van der Waals surface area contributed by atoms with Gasteiger partial charge in [0.1, 0.15) is 0 Å². The number of carbonyl (C=O) groups excluding carboxylic acids is 2. The van der Waals surface area contributed by atoms with Gasteiger partial charge in [-0.05, 0) is 25.1 Å². The van der Waals surface area contributed by atoms with Crippen molar-refractivity contribution in [1.82, 2.24) is 5.16 Å². The Morgan fingerprint density at radius 3 is 2.81 bits per heavy atom. The second-order valence-electron chi connectivity index (χ2n) is 4.40. The van der Waals surface area contributed by atoms with Crippen molar-refractivity contribution in [1.29, 1.82) is 0 Å². The van der Waals surface area contributed by atoms with E-state index in [1.165, 1.54) is 6.07 Å². The Hall–Kier alpha value is -2.83. The minimum atomic E-state index is -0.732. The molecule has 0 saturated carbocycles. The molecule has 2 aromatic rings. The van der Waals surface area contributed by atoms with Gasteiger partial charge in [0.25, 0.3) is 0 Å². The summed E-state index contributed by atoms with van der Waals surface area (Å²) in [7, 11) is 0. The van der Waals surface area contributed by atoms with Gasteiger partial charge in [0.2, 0.25) is 12.6 Å². The lowest BCUT2D eigenvalue weighted by molar-refractivity contribution is 0.0435. The maximum absolute atomic E-state index is 12.0. The van der Waals surface area contributed by atoms with Crippen LogP contribution >= 0.6 is 0 Å². The highest BCUT2D eigenvalue weighted by Gasteiger charge is 2.19. The minimum Gasteiger partial charge on any atom is -0.454 e. The van der Waals surface area contributed by atoms with Gasteiger partial charge in [0, 0.05) is 11.6 Å². The molecular formula is C14H11NO6. The van der Waals surface area contributed by atoms with Crippen molar-refractivity contribution in [3.63, 3.8) is 0 Å². The molecular weight excluding hydrogens is 278 g/mol. The average molecular weight is 289 g/mol. The first-order valence-corrected chi connectivity index (χ1v) is 6.17. The first-order chi connectivity index (χ1) is 10.1. The van der Waals surface area contributed by atoms with Crippen LogP contribution < -0.4 is 9.47 Å². The van der Waals surface area contributed by atoms with Gasteiger partial charge >= 0.3 is 5.97 Å². The Morgan fingerprint density at radius 2 is 2.05 bits per heavy atom. The second-order valence-corrected chi connectivity index (χ2v) is 4.40. The van der Waals surface area contributed by atoms with Crippen LogP contribution in [0.2, 0.25) is 0 Å². The predicted molar refractivity (Wildman–Crippen MR) is 68.4 cm³/mol. The zero-order valence-corrected chi connectivity index (χ0v) is 11.1. The molecule has 7 heteroatoms. The lowest BCUT2D eigenvalue weighted by Crippen LogP contribution is -2.13. The molecule has 0 saturated heterocycles. The molecule has 3 rings (SSSR count). The van der Waals surface area contributed by atoms with E-state index < -0.39 is 12.6 Å². The Labute approximate surface area is 119 Å². The van der Waals surface area contributed by atoms with E-state index in [9.17, 15) is 9.59 Å². The van der Waals surface area contributed by atoms with Gasteiger partial charge in [0.15, 0.2) is 23.9 Å². The number of esters is 1. The summed E-state index contributed by atoms with van der Waals surface area (Å²) in [5, 5.41) is 3.57. The van der Waals surface area contributed by atoms with Crippen LogP contribution in [0.25, 0.3) is 0 Å². The average Bonchev–Trinajstić information content (AvgIpc) is 3.12. The third-order valence-corrected chi connectivity index (χ3v) is 2.86. The molecule has 7 nitrogen and oxygen atoms in total. The first-order valence-electron chi connectivity index (χ1n) is 6.17. The van der Waals surface area contributed by atoms with Crippen molar-refractivity contribution < 1.29 is 28.3 Å². The van der Waals surface area contributed by atoms with E-state index in [0.717, 1.165) is 0 Å². The van der Waals surface area contributed by atoms with Gasteiger partial charge in [-0.2, -0.15) is 0 Å². The summed E-state index contributed by atoms with van der Waals surface area (Å²) in [6.45, 7) is 1.42. The third-order valence-electron chi connectivity index (χ3n) is 2.86. The Bertz CT molecular complexity index is 705. The molecule has 0 fully saturated rings. The number of fused-ring (bicyclic) bond motifs is 1. The van der Waals surface area contributed by atoms with Crippen molar-refractivity contribution in [2.75, 3.05) is 13.4 Å². The Kier molecular flexibility index (Phi) is 3.31. The van der Waals surface area contributed by atoms with E-state index in [2.05, 4.69) is 5.16 Å². The number of hydrogen-bond donors (Lipinski definition) is 0. The standard InChI is InChI=1S/C14H11NO6/c1-8-4-13(21-15-8)14(17)18-6-10(16)9-2-3-11-12(5-9)20-7-19-11/h2-5H,6-7H2,1H3. The summed E-state index contributed by atoms with van der Waals surface area (Å²) < 4.78 is 20.0.